The van der Waals surface area contributed by atoms with E-state index in [1.807, 2.05) is 24.3 Å². The second kappa shape index (κ2) is 33.6. The predicted octanol–water partition coefficient (Wildman–Crippen LogP) is 9.42. The van der Waals surface area contributed by atoms with Gasteiger partial charge in [0.2, 0.25) is 23.6 Å². The predicted molar refractivity (Wildman–Crippen MR) is 348 cm³/mol. The highest BCUT2D eigenvalue weighted by atomic mass is 32.2. The quantitative estimate of drug-likeness (QED) is 0.00435. The Balaban J connectivity index is 0.813. The van der Waals surface area contributed by atoms with E-state index >= 15 is 0 Å². The smallest absolute Gasteiger partial charge is 0.493 e. The van der Waals surface area contributed by atoms with E-state index in [0.29, 0.717) is 68.6 Å². The van der Waals surface area contributed by atoms with E-state index in [0.717, 1.165) is 77.7 Å². The number of anilines is 2. The highest BCUT2D eigenvalue weighted by Crippen LogP contribution is 2.42. The van der Waals surface area contributed by atoms with E-state index in [1.165, 1.54) is 32.2 Å². The number of non-ortho nitro benzene ring substituents is 1. The van der Waals surface area contributed by atoms with Crippen molar-refractivity contribution in [2.24, 2.45) is 0 Å². The lowest BCUT2D eigenvalue weighted by molar-refractivity contribution is -0.386. The maximum absolute atomic E-state index is 14.6. The topological polar surface area (TPSA) is 340 Å². The number of nitro benzene ring substituents is 2. The molecule has 1 aliphatic heterocycles. The van der Waals surface area contributed by atoms with E-state index in [2.05, 4.69) is 89.8 Å². The van der Waals surface area contributed by atoms with Crippen LogP contribution in [0.25, 0.3) is 33.1 Å². The number of ether oxygens (including phenoxy) is 4. The van der Waals surface area contributed by atoms with Crippen LogP contribution in [-0.4, -0.2) is 159 Å². The number of carbonyl (C=O) groups is 6. The van der Waals surface area contributed by atoms with Gasteiger partial charge in [-0.2, -0.15) is 8.42 Å². The Morgan fingerprint density at radius 1 is 0.688 bits per heavy atom. The van der Waals surface area contributed by atoms with Gasteiger partial charge >= 0.3 is 17.3 Å². The molecule has 1 saturated heterocycles. The molecular weight excluding hydrogens is 1230 g/mol. The number of nitrogens with zero attached hydrogens (tertiary/aromatic N) is 6. The third-order valence-corrected chi connectivity index (χ3v) is 16.7. The summed E-state index contributed by atoms with van der Waals surface area (Å²) in [5.41, 5.74) is 4.89. The number of hydrogen-bond acceptors (Lipinski definition) is 18. The summed E-state index contributed by atoms with van der Waals surface area (Å²) in [6.07, 6.45) is -0.610. The maximum Gasteiger partial charge on any atom is 0.514 e. The summed E-state index contributed by atoms with van der Waals surface area (Å²) >= 11 is 0. The fraction of sp³-hybridized carbons (Fsp3) is 0.431. The van der Waals surface area contributed by atoms with Crippen LogP contribution in [0.5, 0.6) is 17.2 Å². The molecule has 0 spiro atoms. The minimum absolute atomic E-state index is 0.00215. The standard InChI is InChI=1S/C65H79N9O18S/c1-7-69(8-2)45-25-29-50-55(38-45)92-56-39-46(70(9-3)10-4)26-30-51(56)62(50)48-18-13-14-19-49(48)64(79)72-35-33-71(34-36-72)61(77)22-16-15-21-60(76)68-53(42-93(85,86)87)63(78)67-31-17-11-12-20-59(75)66-32-37-89-58-41-54(74(83)84)52(40-57(58)88-6)43(5)90-65(80)91-47-27-23-44(24-28-47)73(81)82/h13-14,18-19,23-30,38-41,43,53H,7-12,15-17,20-22,31-37,42H2,1-6H3,(H3-,66,67,68,75,76,78,85,86,87)/p+1. The summed E-state index contributed by atoms with van der Waals surface area (Å²) < 4.78 is 61.4. The van der Waals surface area contributed by atoms with Crippen LogP contribution in [0.15, 0.2) is 101 Å². The molecule has 1 fully saturated rings. The molecule has 6 aromatic rings. The second-order valence-electron chi connectivity index (χ2n) is 22.0. The fourth-order valence-corrected chi connectivity index (χ4v) is 11.6. The molecule has 2 heterocycles. The van der Waals surface area contributed by atoms with Gasteiger partial charge in [-0.3, -0.25) is 48.8 Å². The minimum Gasteiger partial charge on any atom is -0.493 e. The minimum atomic E-state index is -4.71. The first-order chi connectivity index (χ1) is 44.6. The van der Waals surface area contributed by atoms with Crippen molar-refractivity contribution in [1.82, 2.24) is 25.8 Å². The van der Waals surface area contributed by atoms with E-state index in [-0.39, 0.29) is 91.6 Å². The summed E-state index contributed by atoms with van der Waals surface area (Å²) in [5.74, 6) is -3.27. The van der Waals surface area contributed by atoms with Crippen molar-refractivity contribution in [3.8, 4) is 28.4 Å². The molecule has 0 radical (unpaired) electrons. The van der Waals surface area contributed by atoms with Crippen molar-refractivity contribution in [2.75, 3.05) is 94.7 Å². The summed E-state index contributed by atoms with van der Waals surface area (Å²) in [5, 5.41) is 32.3. The number of unbranched alkanes of at least 4 members (excludes halogenated alkanes) is 3. The van der Waals surface area contributed by atoms with Gasteiger partial charge < -0.3 is 54.5 Å². The van der Waals surface area contributed by atoms with Crippen LogP contribution in [0.3, 0.4) is 0 Å². The van der Waals surface area contributed by atoms with Gasteiger partial charge in [0, 0.05) is 113 Å². The molecule has 93 heavy (non-hydrogen) atoms. The van der Waals surface area contributed by atoms with Crippen LogP contribution in [-0.2, 0) is 34.0 Å². The first-order valence-corrected chi connectivity index (χ1v) is 32.6. The molecule has 498 valence electrons. The van der Waals surface area contributed by atoms with Crippen molar-refractivity contribution in [2.45, 2.75) is 98.1 Å². The number of carbonyl (C=O) groups excluding carboxylic acids is 6. The number of nitrogens with one attached hydrogen (secondary N) is 3. The number of amides is 5. The molecule has 28 heteroatoms. The Kier molecular flexibility index (Phi) is 25.5. The number of piperazine rings is 1. The zero-order valence-electron chi connectivity index (χ0n) is 53.0. The van der Waals surface area contributed by atoms with Gasteiger partial charge in [-0.1, -0.05) is 24.6 Å². The normalized spacial score (nSPS) is 12.9. The van der Waals surface area contributed by atoms with E-state index in [9.17, 15) is 62.0 Å². The molecule has 5 amide bonds. The van der Waals surface area contributed by atoms with Crippen LogP contribution in [0.2, 0.25) is 0 Å². The summed E-state index contributed by atoms with van der Waals surface area (Å²) in [7, 11) is -3.42. The van der Waals surface area contributed by atoms with Crippen LogP contribution < -0.4 is 40.0 Å². The van der Waals surface area contributed by atoms with Gasteiger partial charge in [0.25, 0.3) is 27.4 Å². The molecule has 0 aliphatic carbocycles. The fourth-order valence-electron chi connectivity index (χ4n) is 11.0. The number of benzene rings is 5. The number of rotatable bonds is 33. The first-order valence-electron chi connectivity index (χ1n) is 31.0. The van der Waals surface area contributed by atoms with E-state index in [1.54, 1.807) is 9.80 Å². The molecule has 0 bridgehead atoms. The van der Waals surface area contributed by atoms with Crippen LogP contribution >= 0.6 is 0 Å². The van der Waals surface area contributed by atoms with Crippen molar-refractivity contribution in [3.05, 3.63) is 128 Å². The number of nitro groups is 2. The average molecular weight is 1310 g/mol. The molecule has 1 aliphatic rings. The Morgan fingerprint density at radius 3 is 1.87 bits per heavy atom. The SMILES string of the molecule is CCN(CC)c1ccc2c(-c3ccccc3C(=O)N3CCN(C(=O)CCCCC(=O)NC(CS(=O)(=O)O)C(=O)NCCCCCC(=O)NCCOc4cc([N+](=O)[O-])c(C(C)OC(=O)Oc5ccc([N+](=O)[O-])cc5)cc4OC)CC3)c3ccc(N(CC)CC)cc3[o+]c2c1. The number of hydrogen-bond donors (Lipinski definition) is 4. The van der Waals surface area contributed by atoms with Gasteiger partial charge in [-0.05, 0) is 114 Å². The third-order valence-electron chi connectivity index (χ3n) is 15.9. The van der Waals surface area contributed by atoms with Crippen LogP contribution in [0, 0.1) is 20.2 Å². The van der Waals surface area contributed by atoms with Crippen molar-refractivity contribution in [3.63, 3.8) is 0 Å². The molecule has 7 rings (SSSR count). The van der Waals surface area contributed by atoms with Gasteiger partial charge in [-0.25, -0.2) is 9.21 Å². The van der Waals surface area contributed by atoms with Gasteiger partial charge in [0.1, 0.15) is 30.3 Å². The molecule has 0 saturated carbocycles. The lowest BCUT2D eigenvalue weighted by Crippen LogP contribution is -2.50. The monoisotopic (exact) mass is 1310 g/mol. The van der Waals surface area contributed by atoms with Gasteiger partial charge in [0.05, 0.1) is 58.0 Å². The van der Waals surface area contributed by atoms with E-state index in [4.69, 9.17) is 23.4 Å². The number of fused-ring (bicyclic) bond motifs is 2. The molecule has 2 unspecified atom stereocenters. The van der Waals surface area contributed by atoms with E-state index < -0.39 is 61.5 Å². The zero-order valence-corrected chi connectivity index (χ0v) is 53.8. The third kappa shape index (κ3) is 19.4. The first kappa shape index (κ1) is 70.8. The summed E-state index contributed by atoms with van der Waals surface area (Å²) in [4.78, 5) is 109. The maximum atomic E-state index is 14.6. The molecular formula is C65H80N9O18S+. The lowest BCUT2D eigenvalue weighted by Gasteiger charge is -2.35. The van der Waals surface area contributed by atoms with Crippen molar-refractivity contribution < 1.29 is 74.9 Å². The Bertz CT molecular complexity index is 3710. The molecule has 5 aromatic carbocycles. The highest BCUT2D eigenvalue weighted by molar-refractivity contribution is 7.85. The van der Waals surface area contributed by atoms with Crippen molar-refractivity contribution in [1.29, 1.82) is 0 Å². The lowest BCUT2D eigenvalue weighted by atomic mass is 9.92. The second-order valence-corrected chi connectivity index (χ2v) is 23.5. The molecule has 2 atom stereocenters. The molecule has 4 N–H and O–H groups in total. The zero-order chi connectivity index (χ0) is 67.4. The molecule has 1 aromatic heterocycles. The van der Waals surface area contributed by atoms with Crippen molar-refractivity contribution >= 4 is 90.5 Å². The summed E-state index contributed by atoms with van der Waals surface area (Å²) in [6, 6.07) is 25.3. The molecule has 27 nitrogen and oxygen atoms in total. The Labute approximate surface area is 538 Å². The van der Waals surface area contributed by atoms with Crippen LogP contribution in [0.1, 0.15) is 108 Å². The highest BCUT2D eigenvalue weighted by Gasteiger charge is 2.32. The Hall–Kier alpha value is -9.70. The van der Waals surface area contributed by atoms with Gasteiger partial charge in [-0.15, -0.1) is 0 Å². The number of methoxy groups -OCH3 is 1. The van der Waals surface area contributed by atoms with Crippen LogP contribution in [0.4, 0.5) is 27.5 Å². The average Bonchev–Trinajstić information content (AvgIpc) is 0.755. The Morgan fingerprint density at radius 2 is 1.28 bits per heavy atom. The largest absolute Gasteiger partial charge is 0.514 e. The summed E-state index contributed by atoms with van der Waals surface area (Å²) in [6.45, 7) is 14.3. The van der Waals surface area contributed by atoms with Gasteiger partial charge in [0.15, 0.2) is 11.5 Å².